The van der Waals surface area contributed by atoms with E-state index in [1.807, 2.05) is 6.08 Å². The number of allylic oxidation sites excluding steroid dienone is 1. The molecule has 0 aromatic rings. The summed E-state index contributed by atoms with van der Waals surface area (Å²) in [7, 11) is 0. The molecule has 3 saturated carbocycles. The number of carbonyl (C=O) groups is 4. The van der Waals surface area contributed by atoms with Crippen molar-refractivity contribution in [3.63, 3.8) is 0 Å². The Morgan fingerprint density at radius 2 is 1.83 bits per heavy atom. The number of likely N-dealkylation sites (tertiary alicyclic amines) is 1. The number of hydrogen-bond acceptors (Lipinski definition) is 5. The van der Waals surface area contributed by atoms with Gasteiger partial charge < -0.3 is 14.7 Å². The molecule has 7 atom stereocenters. The fourth-order valence-electron chi connectivity index (χ4n) is 8.60. The largest absolute Gasteiger partial charge is 0.480 e. The van der Waals surface area contributed by atoms with E-state index in [2.05, 4.69) is 13.8 Å². The van der Waals surface area contributed by atoms with E-state index in [0.717, 1.165) is 44.9 Å². The van der Waals surface area contributed by atoms with Gasteiger partial charge in [-0.3, -0.25) is 14.4 Å². The lowest BCUT2D eigenvalue weighted by molar-refractivity contribution is -0.161. The number of aliphatic carboxylic acids is 1. The highest BCUT2D eigenvalue weighted by Crippen LogP contribution is 2.65. The lowest BCUT2D eigenvalue weighted by Gasteiger charge is -2.57. The van der Waals surface area contributed by atoms with E-state index in [-0.39, 0.29) is 47.4 Å². The summed E-state index contributed by atoms with van der Waals surface area (Å²) in [5.74, 6) is 0.431. The normalized spacial score (nSPS) is 40.4. The van der Waals surface area contributed by atoms with E-state index >= 15 is 0 Å². The van der Waals surface area contributed by atoms with E-state index in [4.69, 9.17) is 4.74 Å². The zero-order valence-corrected chi connectivity index (χ0v) is 21.1. The van der Waals surface area contributed by atoms with Gasteiger partial charge in [0.25, 0.3) is 0 Å². The van der Waals surface area contributed by atoms with Gasteiger partial charge in [0.2, 0.25) is 5.91 Å². The van der Waals surface area contributed by atoms with Crippen LogP contribution in [0.5, 0.6) is 0 Å². The monoisotopic (exact) mass is 485 g/mol. The number of hydrogen-bond donors (Lipinski definition) is 1. The van der Waals surface area contributed by atoms with Crippen molar-refractivity contribution in [3.8, 4) is 0 Å². The minimum atomic E-state index is -0.974. The first kappa shape index (κ1) is 24.5. The highest BCUT2D eigenvalue weighted by atomic mass is 16.5. The predicted octanol–water partition coefficient (Wildman–Crippen LogP) is 4.29. The standard InChI is InChI=1S/C28H39NO6/c1-27-13-11-18(30)16-17(27)5-6-19-20-7-8-23(28(20,2)14-12-21(19)27)35-25(32)10-9-24(31)29-15-3-4-22(29)26(33)34/h16,19-23H,3-15H2,1-2H3,(H,33,34)/t19-,20-,21-,22+,23+,27-,28-/m0/s1. The van der Waals surface area contributed by atoms with Crippen molar-refractivity contribution in [2.24, 2.45) is 28.6 Å². The average molecular weight is 486 g/mol. The molecule has 4 fully saturated rings. The summed E-state index contributed by atoms with van der Waals surface area (Å²) in [6.07, 6.45) is 10.8. The average Bonchev–Trinajstić information content (AvgIpc) is 3.43. The minimum Gasteiger partial charge on any atom is -0.480 e. The van der Waals surface area contributed by atoms with Crippen molar-refractivity contribution in [1.29, 1.82) is 0 Å². The predicted molar refractivity (Wildman–Crippen MR) is 128 cm³/mol. The Balaban J connectivity index is 1.20. The third-order valence-electron chi connectivity index (χ3n) is 10.5. The number of carbonyl (C=O) groups excluding carboxylic acids is 3. The van der Waals surface area contributed by atoms with Crippen molar-refractivity contribution in [1.82, 2.24) is 4.90 Å². The molecule has 1 saturated heterocycles. The van der Waals surface area contributed by atoms with Crippen LogP contribution in [0.4, 0.5) is 0 Å². The number of carboxylic acid groups (broad SMARTS) is 1. The zero-order chi connectivity index (χ0) is 25.0. The molecule has 0 unspecified atom stereocenters. The van der Waals surface area contributed by atoms with E-state index in [9.17, 15) is 24.3 Å². The van der Waals surface area contributed by atoms with Gasteiger partial charge >= 0.3 is 11.9 Å². The van der Waals surface area contributed by atoms with E-state index < -0.39 is 12.0 Å². The molecule has 4 aliphatic carbocycles. The molecule has 5 rings (SSSR count). The van der Waals surface area contributed by atoms with Gasteiger partial charge in [0, 0.05) is 24.8 Å². The van der Waals surface area contributed by atoms with E-state index in [1.54, 1.807) is 0 Å². The van der Waals surface area contributed by atoms with Crippen LogP contribution in [0, 0.1) is 28.6 Å². The minimum absolute atomic E-state index is 0.00519. The van der Waals surface area contributed by atoms with Gasteiger partial charge in [0.05, 0.1) is 6.42 Å². The molecule has 35 heavy (non-hydrogen) atoms. The Bertz CT molecular complexity index is 957. The van der Waals surface area contributed by atoms with Crippen molar-refractivity contribution in [2.75, 3.05) is 6.54 Å². The molecular weight excluding hydrogens is 446 g/mol. The third-order valence-corrected chi connectivity index (χ3v) is 10.5. The molecule has 5 aliphatic rings. The zero-order valence-electron chi connectivity index (χ0n) is 21.1. The van der Waals surface area contributed by atoms with Gasteiger partial charge in [-0.15, -0.1) is 0 Å². The second-order valence-electron chi connectivity index (χ2n) is 12.2. The summed E-state index contributed by atoms with van der Waals surface area (Å²) in [6.45, 7) is 5.12. The smallest absolute Gasteiger partial charge is 0.326 e. The number of esters is 1. The Kier molecular flexibility index (Phi) is 6.33. The molecule has 0 radical (unpaired) electrons. The SMILES string of the molecule is C[C@]12CC[C@H]3[C@@H](CCC4=CC(=O)CC[C@@]43C)[C@@H]1CC[C@H]2OC(=O)CCC(=O)N1CCC[C@@H]1C(=O)O. The van der Waals surface area contributed by atoms with Crippen LogP contribution in [0.2, 0.25) is 0 Å². The van der Waals surface area contributed by atoms with Crippen LogP contribution >= 0.6 is 0 Å². The topological polar surface area (TPSA) is 101 Å². The Morgan fingerprint density at radius 3 is 2.60 bits per heavy atom. The first-order valence-electron chi connectivity index (χ1n) is 13.6. The molecule has 1 amide bonds. The fraction of sp³-hybridized carbons (Fsp3) is 0.786. The molecule has 1 aliphatic heterocycles. The van der Waals surface area contributed by atoms with Gasteiger partial charge in [-0.05, 0) is 87.0 Å². The van der Waals surface area contributed by atoms with Gasteiger partial charge in [-0.1, -0.05) is 19.4 Å². The molecule has 7 heteroatoms. The number of rotatable bonds is 5. The third kappa shape index (κ3) is 4.13. The van der Waals surface area contributed by atoms with Crippen molar-refractivity contribution in [3.05, 3.63) is 11.6 Å². The maximum atomic E-state index is 12.8. The van der Waals surface area contributed by atoms with Crippen LogP contribution < -0.4 is 0 Å². The molecule has 1 heterocycles. The molecule has 0 aromatic heterocycles. The van der Waals surface area contributed by atoms with Crippen molar-refractivity contribution >= 4 is 23.6 Å². The molecule has 0 bridgehead atoms. The van der Waals surface area contributed by atoms with Crippen LogP contribution in [0.15, 0.2) is 11.6 Å². The lowest BCUT2D eigenvalue weighted by Crippen LogP contribution is -2.51. The number of ether oxygens (including phenoxy) is 1. The maximum absolute atomic E-state index is 12.8. The fourth-order valence-corrected chi connectivity index (χ4v) is 8.60. The summed E-state index contributed by atoms with van der Waals surface area (Å²) in [6, 6.07) is -0.766. The molecule has 7 nitrogen and oxygen atoms in total. The summed E-state index contributed by atoms with van der Waals surface area (Å²) in [4.78, 5) is 50.1. The van der Waals surface area contributed by atoms with Gasteiger partial charge in [0.15, 0.2) is 5.78 Å². The van der Waals surface area contributed by atoms with Crippen LogP contribution in [0.3, 0.4) is 0 Å². The van der Waals surface area contributed by atoms with E-state index in [1.165, 1.54) is 10.5 Å². The van der Waals surface area contributed by atoms with Gasteiger partial charge in [-0.2, -0.15) is 0 Å². The van der Waals surface area contributed by atoms with Gasteiger partial charge in [-0.25, -0.2) is 4.79 Å². The number of fused-ring (bicyclic) bond motifs is 5. The van der Waals surface area contributed by atoms with E-state index in [0.29, 0.717) is 43.6 Å². The molecule has 1 N–H and O–H groups in total. The van der Waals surface area contributed by atoms with Crippen molar-refractivity contribution < 1.29 is 29.0 Å². The number of carboxylic acids is 1. The quantitative estimate of drug-likeness (QED) is 0.583. The maximum Gasteiger partial charge on any atom is 0.326 e. The lowest BCUT2D eigenvalue weighted by atomic mass is 9.47. The molecule has 192 valence electrons. The Morgan fingerprint density at radius 1 is 1.03 bits per heavy atom. The van der Waals surface area contributed by atoms with Crippen LogP contribution in [0.25, 0.3) is 0 Å². The van der Waals surface area contributed by atoms with Crippen LogP contribution in [0.1, 0.15) is 90.9 Å². The Hall–Kier alpha value is -2.18. The molecule has 0 spiro atoms. The summed E-state index contributed by atoms with van der Waals surface area (Å²) in [5, 5.41) is 9.31. The number of amides is 1. The summed E-state index contributed by atoms with van der Waals surface area (Å²) >= 11 is 0. The summed E-state index contributed by atoms with van der Waals surface area (Å²) in [5.41, 5.74) is 1.47. The second kappa shape index (κ2) is 9.04. The highest BCUT2D eigenvalue weighted by molar-refractivity contribution is 5.91. The summed E-state index contributed by atoms with van der Waals surface area (Å²) < 4.78 is 6.01. The number of nitrogens with zero attached hydrogens (tertiary/aromatic N) is 1. The second-order valence-corrected chi connectivity index (χ2v) is 12.2. The molecular formula is C28H39NO6. The van der Waals surface area contributed by atoms with Crippen LogP contribution in [-0.2, 0) is 23.9 Å². The molecule has 0 aromatic carbocycles. The van der Waals surface area contributed by atoms with Crippen LogP contribution in [-0.4, -0.2) is 52.3 Å². The first-order chi connectivity index (χ1) is 16.6. The first-order valence-corrected chi connectivity index (χ1v) is 13.6. The number of ketones is 1. The Labute approximate surface area is 207 Å². The van der Waals surface area contributed by atoms with Crippen molar-refractivity contribution in [2.45, 2.75) is 103 Å². The van der Waals surface area contributed by atoms with Gasteiger partial charge in [0.1, 0.15) is 12.1 Å². The highest BCUT2D eigenvalue weighted by Gasteiger charge is 2.60.